The molecule has 0 amide bonds. The lowest BCUT2D eigenvalue weighted by molar-refractivity contribution is -0.0996. The van der Waals surface area contributed by atoms with Gasteiger partial charge in [-0.05, 0) is 168 Å². The molecule has 6 rings (SSSR count). The second-order valence-electron chi connectivity index (χ2n) is 23.3. The minimum absolute atomic E-state index is 0.0566. The molecule has 356 valence electrons. The van der Waals surface area contributed by atoms with Crippen LogP contribution in [0.3, 0.4) is 0 Å². The molecule has 4 heteroatoms. The van der Waals surface area contributed by atoms with Crippen LogP contribution >= 0.6 is 0 Å². The fourth-order valence-electron chi connectivity index (χ4n) is 14.8. The van der Waals surface area contributed by atoms with Crippen molar-refractivity contribution in [1.82, 2.24) is 0 Å². The van der Waals surface area contributed by atoms with Crippen LogP contribution in [-0.4, -0.2) is 51.3 Å². The minimum Gasteiger partial charge on any atom is -0.379 e. The van der Waals surface area contributed by atoms with Crippen LogP contribution in [0.4, 0.5) is 0 Å². The Balaban J connectivity index is 0.817. The Labute approximate surface area is 384 Å². The number of ether oxygens (including phenoxy) is 4. The fourth-order valence-corrected chi connectivity index (χ4v) is 14.8. The van der Waals surface area contributed by atoms with Crippen LogP contribution in [0.1, 0.15) is 228 Å². The maximum Gasteiger partial charge on any atom is 0.0812 e. The van der Waals surface area contributed by atoms with Gasteiger partial charge in [0.05, 0.1) is 44.7 Å². The zero-order chi connectivity index (χ0) is 43.7. The van der Waals surface area contributed by atoms with Gasteiger partial charge in [-0.25, -0.2) is 0 Å². The predicted molar refractivity (Wildman–Crippen MR) is 263 cm³/mol. The maximum atomic E-state index is 6.71. The molecule has 2 spiro atoms. The van der Waals surface area contributed by atoms with E-state index in [1.807, 2.05) is 0 Å². The summed E-state index contributed by atoms with van der Waals surface area (Å²) in [7, 11) is 0. The molecular weight excluding hydrogens is 761 g/mol. The third-order valence-electron chi connectivity index (χ3n) is 18.3. The van der Waals surface area contributed by atoms with Crippen LogP contribution in [-0.2, 0) is 18.9 Å². The molecule has 5 unspecified atom stereocenters. The van der Waals surface area contributed by atoms with Gasteiger partial charge in [0.15, 0.2) is 0 Å². The van der Waals surface area contributed by atoms with Crippen molar-refractivity contribution in [3.8, 4) is 0 Å². The van der Waals surface area contributed by atoms with E-state index >= 15 is 0 Å². The molecular formula is C58H100O4. The number of allylic oxidation sites excluding steroid dienone is 5. The normalized spacial score (nSPS) is 34.4. The summed E-state index contributed by atoms with van der Waals surface area (Å²) in [5, 5.41) is 0. The molecule has 5 saturated carbocycles. The second-order valence-corrected chi connectivity index (χ2v) is 23.3. The SMILES string of the molecule is CCCCCC=CCC=CCCCCCCCCOCC(CC1CCC(C)C1)OCCOCCO[C@@]1(C)CCC2C(=CC[C@@]34C[C@]35CC[C@H](CCCCC(C)C)C5CC[C@]24C)C1. The van der Waals surface area contributed by atoms with Crippen molar-refractivity contribution in [1.29, 1.82) is 0 Å². The van der Waals surface area contributed by atoms with Gasteiger partial charge in [0, 0.05) is 6.61 Å². The van der Waals surface area contributed by atoms with Crippen molar-refractivity contribution in [3.63, 3.8) is 0 Å². The van der Waals surface area contributed by atoms with E-state index in [-0.39, 0.29) is 11.7 Å². The standard InChI is InChI=1S/C58H100O4/c1-7-8-9-10-11-12-13-14-15-16-17-18-19-20-21-24-37-60-45-52(43-49-28-27-48(4)42-49)61-40-38-59-39-41-62-55(5)33-31-53-51(44-55)30-36-58-46-57(58)35-29-50(26-23-22-25-47(2)3)54(57)32-34-56(53,58)6/h11-12,14-15,30,47-50,52-54H,7-10,13,16-29,31-46H2,1-6H3/t48?,49?,50-,52?,53?,54?,55-,56+,57-,58-/m0/s1. The highest BCUT2D eigenvalue weighted by molar-refractivity contribution is 5.36. The van der Waals surface area contributed by atoms with Crippen LogP contribution < -0.4 is 0 Å². The van der Waals surface area contributed by atoms with Gasteiger partial charge in [0.25, 0.3) is 0 Å². The van der Waals surface area contributed by atoms with Crippen molar-refractivity contribution < 1.29 is 18.9 Å². The third-order valence-corrected chi connectivity index (χ3v) is 18.3. The van der Waals surface area contributed by atoms with Crippen LogP contribution in [0.2, 0.25) is 0 Å². The molecule has 0 saturated heterocycles. The van der Waals surface area contributed by atoms with Gasteiger partial charge in [-0.2, -0.15) is 0 Å². The summed E-state index contributed by atoms with van der Waals surface area (Å²) in [5.41, 5.74) is 3.50. The number of fused-ring (bicyclic) bond motifs is 2. The Morgan fingerprint density at radius 1 is 0.742 bits per heavy atom. The highest BCUT2D eigenvalue weighted by Crippen LogP contribution is 2.88. The smallest absolute Gasteiger partial charge is 0.0812 e. The largest absolute Gasteiger partial charge is 0.379 e. The van der Waals surface area contributed by atoms with Gasteiger partial charge in [0.2, 0.25) is 0 Å². The lowest BCUT2D eigenvalue weighted by Crippen LogP contribution is -2.51. The molecule has 6 aliphatic carbocycles. The Morgan fingerprint density at radius 3 is 2.29 bits per heavy atom. The summed E-state index contributed by atoms with van der Waals surface area (Å²) in [6, 6.07) is 0. The topological polar surface area (TPSA) is 36.9 Å². The predicted octanol–water partition coefficient (Wildman–Crippen LogP) is 16.4. The van der Waals surface area contributed by atoms with Crippen LogP contribution in [0.5, 0.6) is 0 Å². The Kier molecular flexibility index (Phi) is 20.6. The maximum absolute atomic E-state index is 6.71. The molecule has 0 bridgehead atoms. The lowest BCUT2D eigenvalue weighted by Gasteiger charge is -2.58. The highest BCUT2D eigenvalue weighted by Gasteiger charge is 2.81. The molecule has 0 aliphatic heterocycles. The molecule has 10 atom stereocenters. The van der Waals surface area contributed by atoms with E-state index < -0.39 is 0 Å². The molecule has 62 heavy (non-hydrogen) atoms. The zero-order valence-electron chi connectivity index (χ0n) is 41.8. The summed E-state index contributed by atoms with van der Waals surface area (Å²) < 4.78 is 25.6. The van der Waals surface area contributed by atoms with E-state index in [9.17, 15) is 0 Å². The molecule has 5 fully saturated rings. The first-order chi connectivity index (χ1) is 30.1. The van der Waals surface area contributed by atoms with E-state index in [1.165, 1.54) is 154 Å². The fraction of sp³-hybridized carbons (Fsp3) is 0.897. The van der Waals surface area contributed by atoms with Gasteiger partial charge >= 0.3 is 0 Å². The number of rotatable bonds is 32. The van der Waals surface area contributed by atoms with Crippen LogP contribution in [0.15, 0.2) is 36.0 Å². The van der Waals surface area contributed by atoms with Crippen LogP contribution in [0.25, 0.3) is 0 Å². The van der Waals surface area contributed by atoms with Crippen molar-refractivity contribution >= 4 is 0 Å². The van der Waals surface area contributed by atoms with Crippen molar-refractivity contribution in [3.05, 3.63) is 36.0 Å². The molecule has 4 nitrogen and oxygen atoms in total. The van der Waals surface area contributed by atoms with Crippen molar-refractivity contribution in [2.45, 2.75) is 239 Å². The molecule has 0 N–H and O–H groups in total. The first kappa shape index (κ1) is 50.5. The lowest BCUT2D eigenvalue weighted by atomic mass is 9.47. The minimum atomic E-state index is -0.0566. The van der Waals surface area contributed by atoms with Crippen molar-refractivity contribution in [2.24, 2.45) is 51.8 Å². The Bertz CT molecular complexity index is 1370. The summed E-state index contributed by atoms with van der Waals surface area (Å²) in [6.07, 6.45) is 51.3. The first-order valence-electron chi connectivity index (χ1n) is 27.5. The summed E-state index contributed by atoms with van der Waals surface area (Å²) in [5.74, 6) is 5.32. The molecule has 6 aliphatic rings. The van der Waals surface area contributed by atoms with E-state index in [4.69, 9.17) is 18.9 Å². The zero-order valence-corrected chi connectivity index (χ0v) is 41.8. The Morgan fingerprint density at radius 2 is 1.52 bits per heavy atom. The molecule has 0 heterocycles. The van der Waals surface area contributed by atoms with Gasteiger partial charge in [-0.3, -0.25) is 0 Å². The summed E-state index contributed by atoms with van der Waals surface area (Å²) in [6.45, 7) is 18.8. The number of hydrogen-bond acceptors (Lipinski definition) is 4. The quantitative estimate of drug-likeness (QED) is 0.0499. The van der Waals surface area contributed by atoms with Gasteiger partial charge < -0.3 is 18.9 Å². The molecule has 0 aromatic rings. The monoisotopic (exact) mass is 861 g/mol. The Hall–Kier alpha value is -0.940. The number of unbranched alkanes of at least 4 members (excludes halogenated alkanes) is 10. The summed E-state index contributed by atoms with van der Waals surface area (Å²) in [4.78, 5) is 0. The van der Waals surface area contributed by atoms with Gasteiger partial charge in [0.1, 0.15) is 0 Å². The average molecular weight is 861 g/mol. The van der Waals surface area contributed by atoms with Crippen LogP contribution in [0, 0.1) is 51.8 Å². The molecule has 0 aromatic heterocycles. The van der Waals surface area contributed by atoms with Crippen molar-refractivity contribution in [2.75, 3.05) is 39.6 Å². The van der Waals surface area contributed by atoms with E-state index in [0.717, 1.165) is 74.4 Å². The van der Waals surface area contributed by atoms with E-state index in [2.05, 4.69) is 71.9 Å². The highest BCUT2D eigenvalue weighted by atomic mass is 16.6. The van der Waals surface area contributed by atoms with Gasteiger partial charge in [-0.1, -0.05) is 148 Å². The van der Waals surface area contributed by atoms with E-state index in [0.29, 0.717) is 42.7 Å². The average Bonchev–Trinajstić information content (AvgIpc) is 3.54. The number of hydrogen-bond donors (Lipinski definition) is 0. The molecule has 0 radical (unpaired) electrons. The first-order valence-corrected chi connectivity index (χ1v) is 27.5. The van der Waals surface area contributed by atoms with E-state index in [1.54, 1.807) is 12.0 Å². The third kappa shape index (κ3) is 13.6. The summed E-state index contributed by atoms with van der Waals surface area (Å²) >= 11 is 0. The molecule has 0 aromatic carbocycles. The second kappa shape index (κ2) is 25.3. The van der Waals surface area contributed by atoms with Gasteiger partial charge in [-0.15, -0.1) is 0 Å².